The molecule has 0 amide bonds. The van der Waals surface area contributed by atoms with E-state index in [0.29, 0.717) is 10.7 Å². The molecule has 2 rings (SSSR count). The Kier molecular flexibility index (Phi) is 1.99. The van der Waals surface area contributed by atoms with Gasteiger partial charge in [-0.2, -0.15) is 0 Å². The van der Waals surface area contributed by atoms with Gasteiger partial charge >= 0.3 is 0 Å². The Labute approximate surface area is 80.2 Å². The first-order chi connectivity index (χ1) is 6.33. The Hall–Kier alpha value is -1.41. The van der Waals surface area contributed by atoms with Crippen LogP contribution in [0.5, 0.6) is 0 Å². The molecule has 0 atom stereocenters. The van der Waals surface area contributed by atoms with Crippen LogP contribution in [0.4, 0.5) is 0 Å². The SMILES string of the molecule is O=Cc1cccc2ccnc(Cl)c12. The highest BCUT2D eigenvalue weighted by Crippen LogP contribution is 2.23. The van der Waals surface area contributed by atoms with Crippen molar-refractivity contribution in [1.29, 1.82) is 0 Å². The summed E-state index contributed by atoms with van der Waals surface area (Å²) in [5, 5.41) is 2.03. The molecular weight excluding hydrogens is 186 g/mol. The summed E-state index contributed by atoms with van der Waals surface area (Å²) in [6.45, 7) is 0. The van der Waals surface area contributed by atoms with E-state index in [4.69, 9.17) is 11.6 Å². The quantitative estimate of drug-likeness (QED) is 0.513. The maximum Gasteiger partial charge on any atom is 0.150 e. The molecule has 2 aromatic rings. The van der Waals surface area contributed by atoms with Gasteiger partial charge in [0, 0.05) is 17.1 Å². The van der Waals surface area contributed by atoms with Crippen molar-refractivity contribution in [1.82, 2.24) is 4.98 Å². The summed E-state index contributed by atoms with van der Waals surface area (Å²) in [7, 11) is 0. The number of benzene rings is 1. The first-order valence-electron chi connectivity index (χ1n) is 3.81. The molecule has 0 aliphatic heterocycles. The average molecular weight is 192 g/mol. The number of carbonyl (C=O) groups is 1. The predicted molar refractivity (Wildman–Crippen MR) is 52.1 cm³/mol. The summed E-state index contributed by atoms with van der Waals surface area (Å²) >= 11 is 5.87. The number of aldehydes is 1. The maximum absolute atomic E-state index is 10.7. The Morgan fingerprint density at radius 2 is 2.15 bits per heavy atom. The smallest absolute Gasteiger partial charge is 0.150 e. The highest BCUT2D eigenvalue weighted by atomic mass is 35.5. The van der Waals surface area contributed by atoms with Crippen LogP contribution in [-0.4, -0.2) is 11.3 Å². The largest absolute Gasteiger partial charge is 0.298 e. The molecule has 1 aromatic heterocycles. The molecule has 0 N–H and O–H groups in total. The number of pyridine rings is 1. The van der Waals surface area contributed by atoms with E-state index in [1.807, 2.05) is 18.2 Å². The lowest BCUT2D eigenvalue weighted by molar-refractivity contribution is 0.112. The molecule has 13 heavy (non-hydrogen) atoms. The predicted octanol–water partition coefficient (Wildman–Crippen LogP) is 2.70. The van der Waals surface area contributed by atoms with Crippen LogP contribution < -0.4 is 0 Å². The lowest BCUT2D eigenvalue weighted by Gasteiger charge is -2.00. The number of hydrogen-bond donors (Lipinski definition) is 0. The summed E-state index contributed by atoms with van der Waals surface area (Å²) in [4.78, 5) is 14.6. The van der Waals surface area contributed by atoms with Crippen LogP contribution >= 0.6 is 11.6 Å². The molecule has 1 heterocycles. The van der Waals surface area contributed by atoms with Gasteiger partial charge in [-0.15, -0.1) is 0 Å². The van der Waals surface area contributed by atoms with Crippen molar-refractivity contribution >= 4 is 28.7 Å². The topological polar surface area (TPSA) is 30.0 Å². The zero-order valence-electron chi connectivity index (χ0n) is 6.70. The zero-order valence-corrected chi connectivity index (χ0v) is 7.45. The van der Waals surface area contributed by atoms with E-state index in [0.717, 1.165) is 17.1 Å². The number of nitrogens with zero attached hydrogens (tertiary/aromatic N) is 1. The summed E-state index contributed by atoms with van der Waals surface area (Å²) in [6, 6.07) is 7.27. The van der Waals surface area contributed by atoms with Gasteiger partial charge in [0.2, 0.25) is 0 Å². The zero-order chi connectivity index (χ0) is 9.26. The van der Waals surface area contributed by atoms with Crippen molar-refractivity contribution in [2.45, 2.75) is 0 Å². The van der Waals surface area contributed by atoms with E-state index < -0.39 is 0 Å². The van der Waals surface area contributed by atoms with Gasteiger partial charge in [-0.05, 0) is 11.5 Å². The highest BCUT2D eigenvalue weighted by molar-refractivity contribution is 6.35. The molecule has 0 fully saturated rings. The molecule has 0 radical (unpaired) electrons. The molecule has 3 heteroatoms. The van der Waals surface area contributed by atoms with Crippen molar-refractivity contribution in [3.8, 4) is 0 Å². The van der Waals surface area contributed by atoms with Gasteiger partial charge in [0.25, 0.3) is 0 Å². The Morgan fingerprint density at radius 3 is 2.92 bits per heavy atom. The summed E-state index contributed by atoms with van der Waals surface area (Å²) in [5.41, 5.74) is 0.579. The lowest BCUT2D eigenvalue weighted by atomic mass is 10.1. The van der Waals surface area contributed by atoms with E-state index in [2.05, 4.69) is 4.98 Å². The van der Waals surface area contributed by atoms with Gasteiger partial charge in [-0.25, -0.2) is 4.98 Å². The molecule has 0 aliphatic rings. The Bertz CT molecular complexity index is 462. The maximum atomic E-state index is 10.7. The lowest BCUT2D eigenvalue weighted by Crippen LogP contribution is -1.85. The van der Waals surface area contributed by atoms with E-state index in [1.54, 1.807) is 12.3 Å². The first-order valence-corrected chi connectivity index (χ1v) is 4.19. The van der Waals surface area contributed by atoms with Crippen molar-refractivity contribution in [3.05, 3.63) is 41.2 Å². The van der Waals surface area contributed by atoms with Crippen LogP contribution in [0.1, 0.15) is 10.4 Å². The second kappa shape index (κ2) is 3.15. The average Bonchev–Trinajstić information content (AvgIpc) is 2.17. The highest BCUT2D eigenvalue weighted by Gasteiger charge is 2.03. The molecule has 64 valence electrons. The molecule has 2 nitrogen and oxygen atoms in total. The van der Waals surface area contributed by atoms with Crippen LogP contribution in [0.3, 0.4) is 0 Å². The number of aromatic nitrogens is 1. The number of rotatable bonds is 1. The first kappa shape index (κ1) is 8.20. The van der Waals surface area contributed by atoms with Crippen molar-refractivity contribution in [2.75, 3.05) is 0 Å². The van der Waals surface area contributed by atoms with E-state index in [9.17, 15) is 4.79 Å². The van der Waals surface area contributed by atoms with Gasteiger partial charge in [-0.1, -0.05) is 29.8 Å². The number of fused-ring (bicyclic) bond motifs is 1. The fourth-order valence-corrected chi connectivity index (χ4v) is 1.59. The Morgan fingerprint density at radius 1 is 1.31 bits per heavy atom. The molecule has 0 saturated carbocycles. The van der Waals surface area contributed by atoms with Gasteiger partial charge in [-0.3, -0.25) is 4.79 Å². The Balaban J connectivity index is 2.94. The van der Waals surface area contributed by atoms with Crippen LogP contribution in [0.2, 0.25) is 5.15 Å². The number of hydrogen-bond acceptors (Lipinski definition) is 2. The normalized spacial score (nSPS) is 10.2. The number of halogens is 1. The van der Waals surface area contributed by atoms with Gasteiger partial charge in [0.15, 0.2) is 6.29 Å². The molecule has 0 saturated heterocycles. The van der Waals surface area contributed by atoms with E-state index >= 15 is 0 Å². The van der Waals surface area contributed by atoms with Crippen molar-refractivity contribution in [2.24, 2.45) is 0 Å². The van der Waals surface area contributed by atoms with E-state index in [-0.39, 0.29) is 0 Å². The molecular formula is C10H6ClNO. The second-order valence-electron chi connectivity index (χ2n) is 2.66. The minimum Gasteiger partial charge on any atom is -0.298 e. The van der Waals surface area contributed by atoms with Crippen LogP contribution in [-0.2, 0) is 0 Å². The number of carbonyl (C=O) groups excluding carboxylic acids is 1. The molecule has 0 spiro atoms. The fourth-order valence-electron chi connectivity index (χ4n) is 1.31. The third-order valence-corrected chi connectivity index (χ3v) is 2.19. The third-order valence-electron chi connectivity index (χ3n) is 1.90. The standard InChI is InChI=1S/C10H6ClNO/c11-10-9-7(4-5-12-10)2-1-3-8(9)6-13/h1-6H. The molecule has 0 aliphatic carbocycles. The van der Waals surface area contributed by atoms with Crippen LogP contribution in [0, 0.1) is 0 Å². The monoisotopic (exact) mass is 191 g/mol. The summed E-state index contributed by atoms with van der Waals surface area (Å²) < 4.78 is 0. The summed E-state index contributed by atoms with van der Waals surface area (Å²) in [6.07, 6.45) is 2.41. The summed E-state index contributed by atoms with van der Waals surface area (Å²) in [5.74, 6) is 0. The second-order valence-corrected chi connectivity index (χ2v) is 3.02. The van der Waals surface area contributed by atoms with Crippen LogP contribution in [0.15, 0.2) is 30.5 Å². The minimum absolute atomic E-state index is 0.375. The van der Waals surface area contributed by atoms with Crippen LogP contribution in [0.25, 0.3) is 10.8 Å². The van der Waals surface area contributed by atoms with Gasteiger partial charge < -0.3 is 0 Å². The minimum atomic E-state index is 0.375. The van der Waals surface area contributed by atoms with Crippen molar-refractivity contribution in [3.63, 3.8) is 0 Å². The fraction of sp³-hybridized carbons (Fsp3) is 0. The van der Waals surface area contributed by atoms with E-state index in [1.165, 1.54) is 0 Å². The van der Waals surface area contributed by atoms with Gasteiger partial charge in [0.1, 0.15) is 5.15 Å². The molecule has 0 bridgehead atoms. The third kappa shape index (κ3) is 1.29. The molecule has 0 unspecified atom stereocenters. The van der Waals surface area contributed by atoms with Crippen molar-refractivity contribution < 1.29 is 4.79 Å². The molecule has 1 aromatic carbocycles. The van der Waals surface area contributed by atoms with Gasteiger partial charge in [0.05, 0.1) is 0 Å².